The monoisotopic (exact) mass is 271 g/mol. The summed E-state index contributed by atoms with van der Waals surface area (Å²) in [6.45, 7) is 5.17. The summed E-state index contributed by atoms with van der Waals surface area (Å²) in [7, 11) is -3.17. The molecule has 0 aromatic heterocycles. The van der Waals surface area contributed by atoms with Crippen molar-refractivity contribution in [2.24, 2.45) is 5.92 Å². The van der Waals surface area contributed by atoms with Gasteiger partial charge >= 0.3 is 0 Å². The SMILES string of the molecule is CCOCCS(=O)(=O)NCCCC(C)CCl. The lowest BCUT2D eigenvalue weighted by Gasteiger charge is -2.08. The van der Waals surface area contributed by atoms with Gasteiger partial charge in [0.15, 0.2) is 0 Å². The highest BCUT2D eigenvalue weighted by Gasteiger charge is 2.09. The van der Waals surface area contributed by atoms with Crippen molar-refractivity contribution in [2.45, 2.75) is 26.7 Å². The second-order valence-electron chi connectivity index (χ2n) is 3.81. The highest BCUT2D eigenvalue weighted by Crippen LogP contribution is 2.06. The summed E-state index contributed by atoms with van der Waals surface area (Å²) in [5.41, 5.74) is 0. The normalized spacial score (nSPS) is 13.9. The Kier molecular flexibility index (Phi) is 9.31. The molecule has 1 unspecified atom stereocenters. The molecule has 0 aliphatic heterocycles. The maximum absolute atomic E-state index is 11.4. The molecule has 1 N–H and O–H groups in total. The molecule has 0 amide bonds. The van der Waals surface area contributed by atoms with Crippen LogP contribution in [0.2, 0.25) is 0 Å². The van der Waals surface area contributed by atoms with E-state index >= 15 is 0 Å². The second-order valence-corrected chi connectivity index (χ2v) is 6.05. The van der Waals surface area contributed by atoms with Gasteiger partial charge in [-0.3, -0.25) is 0 Å². The van der Waals surface area contributed by atoms with Crippen LogP contribution in [0.25, 0.3) is 0 Å². The van der Waals surface area contributed by atoms with E-state index in [9.17, 15) is 8.42 Å². The zero-order valence-corrected chi connectivity index (χ0v) is 11.6. The summed E-state index contributed by atoms with van der Waals surface area (Å²) in [6.07, 6.45) is 1.76. The quantitative estimate of drug-likeness (QED) is 0.485. The fourth-order valence-electron chi connectivity index (χ4n) is 1.14. The Morgan fingerprint density at radius 2 is 2.12 bits per heavy atom. The third kappa shape index (κ3) is 9.39. The van der Waals surface area contributed by atoms with E-state index in [1.165, 1.54) is 0 Å². The number of sulfonamides is 1. The molecule has 0 rings (SSSR count). The Balaban J connectivity index is 3.58. The lowest BCUT2D eigenvalue weighted by molar-refractivity contribution is 0.163. The lowest BCUT2D eigenvalue weighted by atomic mass is 10.1. The molecule has 0 bridgehead atoms. The number of rotatable bonds is 10. The van der Waals surface area contributed by atoms with Gasteiger partial charge < -0.3 is 4.74 Å². The molecular formula is C10H22ClNO3S. The molecule has 98 valence electrons. The molecule has 0 heterocycles. The summed E-state index contributed by atoms with van der Waals surface area (Å²) in [5.74, 6) is 1.10. The van der Waals surface area contributed by atoms with E-state index in [1.807, 2.05) is 6.92 Å². The topological polar surface area (TPSA) is 55.4 Å². The molecule has 0 saturated heterocycles. The molecule has 6 heteroatoms. The van der Waals surface area contributed by atoms with Gasteiger partial charge in [-0.15, -0.1) is 11.6 Å². The minimum atomic E-state index is -3.17. The van der Waals surface area contributed by atoms with Gasteiger partial charge in [0.1, 0.15) is 0 Å². The van der Waals surface area contributed by atoms with Crippen LogP contribution in [0, 0.1) is 5.92 Å². The van der Waals surface area contributed by atoms with Gasteiger partial charge in [-0.05, 0) is 25.7 Å². The van der Waals surface area contributed by atoms with Gasteiger partial charge in [0.25, 0.3) is 0 Å². The molecule has 1 atom stereocenters. The molecule has 0 spiro atoms. The number of ether oxygens (including phenoxy) is 1. The van der Waals surface area contributed by atoms with Gasteiger partial charge in [-0.25, -0.2) is 13.1 Å². The first-order valence-corrected chi connectivity index (χ1v) is 7.81. The summed E-state index contributed by atoms with van der Waals surface area (Å²) < 4.78 is 30.3. The lowest BCUT2D eigenvalue weighted by Crippen LogP contribution is -2.29. The largest absolute Gasteiger partial charge is 0.381 e. The predicted octanol–water partition coefficient (Wildman–Crippen LogP) is 1.60. The molecule has 0 saturated carbocycles. The number of alkyl halides is 1. The van der Waals surface area contributed by atoms with Crippen LogP contribution in [-0.2, 0) is 14.8 Å². The van der Waals surface area contributed by atoms with E-state index in [2.05, 4.69) is 11.6 Å². The smallest absolute Gasteiger partial charge is 0.213 e. The molecule has 16 heavy (non-hydrogen) atoms. The Morgan fingerprint density at radius 1 is 1.44 bits per heavy atom. The van der Waals surface area contributed by atoms with Crippen LogP contribution in [0.15, 0.2) is 0 Å². The van der Waals surface area contributed by atoms with E-state index in [0.29, 0.717) is 24.9 Å². The molecule has 0 aliphatic carbocycles. The third-order valence-electron chi connectivity index (χ3n) is 2.16. The van der Waals surface area contributed by atoms with E-state index in [1.54, 1.807) is 0 Å². The average Bonchev–Trinajstić information content (AvgIpc) is 2.24. The zero-order valence-electron chi connectivity index (χ0n) is 10.0. The van der Waals surface area contributed by atoms with Gasteiger partial charge in [-0.1, -0.05) is 6.92 Å². The average molecular weight is 272 g/mol. The van der Waals surface area contributed by atoms with Gasteiger partial charge in [0.2, 0.25) is 10.0 Å². The van der Waals surface area contributed by atoms with E-state index in [4.69, 9.17) is 16.3 Å². The standard InChI is InChI=1S/C10H22ClNO3S/c1-3-15-7-8-16(13,14)12-6-4-5-10(2)9-11/h10,12H,3-9H2,1-2H3. The predicted molar refractivity (Wildman–Crippen MR) is 67.4 cm³/mol. The Bertz CT molecular complexity index is 257. The number of hydrogen-bond donors (Lipinski definition) is 1. The van der Waals surface area contributed by atoms with Crippen molar-refractivity contribution in [1.29, 1.82) is 0 Å². The molecule has 0 aromatic carbocycles. The summed E-state index contributed by atoms with van der Waals surface area (Å²) in [5, 5.41) is 0. The molecular weight excluding hydrogens is 250 g/mol. The van der Waals surface area contributed by atoms with Crippen LogP contribution in [0.3, 0.4) is 0 Å². The van der Waals surface area contributed by atoms with Crippen LogP contribution < -0.4 is 4.72 Å². The first-order valence-electron chi connectivity index (χ1n) is 5.63. The maximum Gasteiger partial charge on any atom is 0.213 e. The molecule has 0 aliphatic rings. The van der Waals surface area contributed by atoms with Gasteiger partial charge in [-0.2, -0.15) is 0 Å². The Morgan fingerprint density at radius 3 is 2.69 bits per heavy atom. The minimum Gasteiger partial charge on any atom is -0.381 e. The Labute approximate surface area is 104 Å². The van der Waals surface area contributed by atoms with Crippen molar-refractivity contribution >= 4 is 21.6 Å². The maximum atomic E-state index is 11.4. The Hall–Kier alpha value is 0.160. The van der Waals surface area contributed by atoms with Gasteiger partial charge in [0, 0.05) is 19.0 Å². The van der Waals surface area contributed by atoms with Crippen LogP contribution in [-0.4, -0.2) is 39.8 Å². The summed E-state index contributed by atoms with van der Waals surface area (Å²) >= 11 is 5.65. The zero-order chi connectivity index (χ0) is 12.4. The van der Waals surface area contributed by atoms with E-state index < -0.39 is 10.0 Å². The highest BCUT2D eigenvalue weighted by atomic mass is 35.5. The fraction of sp³-hybridized carbons (Fsp3) is 1.00. The molecule has 0 aromatic rings. The molecule has 4 nitrogen and oxygen atoms in total. The number of hydrogen-bond acceptors (Lipinski definition) is 3. The highest BCUT2D eigenvalue weighted by molar-refractivity contribution is 7.89. The number of nitrogens with one attached hydrogen (secondary N) is 1. The van der Waals surface area contributed by atoms with Crippen molar-refractivity contribution in [1.82, 2.24) is 4.72 Å². The summed E-state index contributed by atoms with van der Waals surface area (Å²) in [6, 6.07) is 0. The van der Waals surface area contributed by atoms with Crippen molar-refractivity contribution in [3.05, 3.63) is 0 Å². The van der Waals surface area contributed by atoms with Crippen molar-refractivity contribution in [3.63, 3.8) is 0 Å². The first-order chi connectivity index (χ1) is 7.52. The van der Waals surface area contributed by atoms with Crippen molar-refractivity contribution < 1.29 is 13.2 Å². The molecule has 0 fully saturated rings. The second kappa shape index (κ2) is 9.22. The van der Waals surface area contributed by atoms with Crippen molar-refractivity contribution in [3.8, 4) is 0 Å². The van der Waals surface area contributed by atoms with Crippen LogP contribution in [0.5, 0.6) is 0 Å². The van der Waals surface area contributed by atoms with Crippen LogP contribution >= 0.6 is 11.6 Å². The third-order valence-corrected chi connectivity index (χ3v) is 4.03. The van der Waals surface area contributed by atoms with E-state index in [-0.39, 0.29) is 12.4 Å². The summed E-state index contributed by atoms with van der Waals surface area (Å²) in [4.78, 5) is 0. The number of halogens is 1. The van der Waals surface area contributed by atoms with Gasteiger partial charge in [0.05, 0.1) is 12.4 Å². The van der Waals surface area contributed by atoms with Crippen LogP contribution in [0.1, 0.15) is 26.7 Å². The van der Waals surface area contributed by atoms with Crippen LogP contribution in [0.4, 0.5) is 0 Å². The fourth-order valence-corrected chi connectivity index (χ4v) is 2.23. The van der Waals surface area contributed by atoms with E-state index in [0.717, 1.165) is 12.8 Å². The van der Waals surface area contributed by atoms with Crippen molar-refractivity contribution in [2.75, 3.05) is 31.4 Å². The first kappa shape index (κ1) is 16.2. The minimum absolute atomic E-state index is 0.0336. The molecule has 0 radical (unpaired) electrons.